The van der Waals surface area contributed by atoms with Gasteiger partial charge in [0.2, 0.25) is 10.0 Å². The molecule has 2 atom stereocenters. The van der Waals surface area contributed by atoms with Gasteiger partial charge < -0.3 is 10.0 Å². The molecule has 1 amide bonds. The number of nitrogens with one attached hydrogen (secondary N) is 1. The maximum atomic E-state index is 12.7. The molecule has 2 fully saturated rings. The number of sulfonamides is 1. The lowest BCUT2D eigenvalue weighted by molar-refractivity contribution is -0.142. The Bertz CT molecular complexity index is 788. The van der Waals surface area contributed by atoms with Crippen molar-refractivity contribution in [2.75, 3.05) is 13.1 Å². The van der Waals surface area contributed by atoms with E-state index in [-0.39, 0.29) is 16.4 Å². The number of benzene rings is 1. The lowest BCUT2D eigenvalue weighted by Gasteiger charge is -2.23. The van der Waals surface area contributed by atoms with Crippen molar-refractivity contribution < 1.29 is 23.1 Å². The molecule has 7 nitrogen and oxygen atoms in total. The Morgan fingerprint density at radius 3 is 2.60 bits per heavy atom. The van der Waals surface area contributed by atoms with Crippen molar-refractivity contribution in [2.45, 2.75) is 37.1 Å². The molecule has 1 saturated heterocycles. The van der Waals surface area contributed by atoms with E-state index < -0.39 is 28.0 Å². The van der Waals surface area contributed by atoms with E-state index in [1.807, 2.05) is 0 Å². The summed E-state index contributed by atoms with van der Waals surface area (Å²) in [4.78, 5) is 25.5. The fourth-order valence-corrected chi connectivity index (χ4v) is 4.31. The average Bonchev–Trinajstić information content (AvgIpc) is 3.33. The summed E-state index contributed by atoms with van der Waals surface area (Å²) in [5, 5.41) is 9.19. The molecule has 3 rings (SSSR count). The fraction of sp³-hybridized carbons (Fsp3) is 0.529. The Hall–Kier alpha value is -1.93. The standard InChI is InChI=1S/C17H22N2O5S/c1-11-15(17(21)22)7-8-19(11)16(20)13-3-2-4-14(9-13)25(23,24)18-10-12-5-6-12/h2-4,9,11-12,15,18H,5-8,10H2,1H3,(H,21,22). The van der Waals surface area contributed by atoms with Crippen LogP contribution in [0.15, 0.2) is 29.2 Å². The third kappa shape index (κ3) is 3.85. The zero-order valence-electron chi connectivity index (χ0n) is 14.0. The second kappa shape index (κ2) is 6.76. The first kappa shape index (κ1) is 17.9. The van der Waals surface area contributed by atoms with E-state index in [1.54, 1.807) is 13.0 Å². The Kier molecular flexibility index (Phi) is 4.83. The van der Waals surface area contributed by atoms with E-state index in [1.165, 1.54) is 23.1 Å². The van der Waals surface area contributed by atoms with Crippen LogP contribution in [0.25, 0.3) is 0 Å². The Balaban J connectivity index is 1.76. The van der Waals surface area contributed by atoms with Gasteiger partial charge in [-0.2, -0.15) is 0 Å². The van der Waals surface area contributed by atoms with Crippen LogP contribution in [0.3, 0.4) is 0 Å². The molecular formula is C17H22N2O5S. The molecule has 1 aliphatic carbocycles. The van der Waals surface area contributed by atoms with Gasteiger partial charge in [0.1, 0.15) is 0 Å². The minimum atomic E-state index is -3.65. The number of rotatable bonds is 6. The molecule has 1 aromatic carbocycles. The SMILES string of the molecule is CC1C(C(=O)O)CCN1C(=O)c1cccc(S(=O)(=O)NCC2CC2)c1. The molecular weight excluding hydrogens is 344 g/mol. The number of likely N-dealkylation sites (tertiary alicyclic amines) is 1. The number of amides is 1. The quantitative estimate of drug-likeness (QED) is 0.790. The maximum Gasteiger partial charge on any atom is 0.308 e. The van der Waals surface area contributed by atoms with E-state index in [4.69, 9.17) is 0 Å². The molecule has 1 aliphatic heterocycles. The predicted molar refractivity (Wildman–Crippen MR) is 90.6 cm³/mol. The fourth-order valence-electron chi connectivity index (χ4n) is 3.15. The highest BCUT2D eigenvalue weighted by atomic mass is 32.2. The first-order valence-electron chi connectivity index (χ1n) is 8.43. The number of aliphatic carboxylic acids is 1. The Morgan fingerprint density at radius 1 is 1.28 bits per heavy atom. The third-order valence-electron chi connectivity index (χ3n) is 4.98. The minimum Gasteiger partial charge on any atom is -0.481 e. The number of hydrogen-bond acceptors (Lipinski definition) is 4. The molecule has 136 valence electrons. The van der Waals surface area contributed by atoms with Crippen molar-refractivity contribution in [3.63, 3.8) is 0 Å². The average molecular weight is 366 g/mol. The van der Waals surface area contributed by atoms with Crippen molar-refractivity contribution in [2.24, 2.45) is 11.8 Å². The third-order valence-corrected chi connectivity index (χ3v) is 6.40. The number of carbonyl (C=O) groups is 2. The molecule has 0 aromatic heterocycles. The molecule has 0 bridgehead atoms. The molecule has 2 N–H and O–H groups in total. The van der Waals surface area contributed by atoms with Crippen molar-refractivity contribution in [3.05, 3.63) is 29.8 Å². The van der Waals surface area contributed by atoms with E-state index >= 15 is 0 Å². The van der Waals surface area contributed by atoms with Gasteiger partial charge in [0.15, 0.2) is 0 Å². The first-order valence-corrected chi connectivity index (χ1v) is 9.91. The topological polar surface area (TPSA) is 104 Å². The minimum absolute atomic E-state index is 0.0561. The highest BCUT2D eigenvalue weighted by molar-refractivity contribution is 7.89. The van der Waals surface area contributed by atoms with Crippen molar-refractivity contribution >= 4 is 21.9 Å². The smallest absolute Gasteiger partial charge is 0.308 e. The summed E-state index contributed by atoms with van der Waals surface area (Å²) in [6.45, 7) is 2.49. The summed E-state index contributed by atoms with van der Waals surface area (Å²) in [6, 6.07) is 5.49. The molecule has 1 heterocycles. The second-order valence-corrected chi connectivity index (χ2v) is 8.56. The van der Waals surface area contributed by atoms with Crippen LogP contribution in [0.4, 0.5) is 0 Å². The summed E-state index contributed by atoms with van der Waals surface area (Å²) >= 11 is 0. The van der Waals surface area contributed by atoms with Crippen LogP contribution in [0.2, 0.25) is 0 Å². The van der Waals surface area contributed by atoms with Crippen LogP contribution in [0, 0.1) is 11.8 Å². The van der Waals surface area contributed by atoms with E-state index in [9.17, 15) is 23.1 Å². The Morgan fingerprint density at radius 2 is 2.00 bits per heavy atom. The highest BCUT2D eigenvalue weighted by Gasteiger charge is 2.38. The first-order chi connectivity index (χ1) is 11.8. The number of nitrogens with zero attached hydrogens (tertiary/aromatic N) is 1. The van der Waals surface area contributed by atoms with Crippen LogP contribution in [-0.4, -0.2) is 49.4 Å². The zero-order chi connectivity index (χ0) is 18.2. The molecule has 2 aliphatic rings. The van der Waals surface area contributed by atoms with Gasteiger partial charge in [0.25, 0.3) is 5.91 Å². The summed E-state index contributed by atoms with van der Waals surface area (Å²) < 4.78 is 27.3. The number of carboxylic acid groups (broad SMARTS) is 1. The lowest BCUT2D eigenvalue weighted by atomic mass is 10.0. The summed E-state index contributed by atoms with van der Waals surface area (Å²) in [7, 11) is -3.65. The molecule has 1 saturated carbocycles. The zero-order valence-corrected chi connectivity index (χ0v) is 14.8. The molecule has 0 radical (unpaired) electrons. The van der Waals surface area contributed by atoms with Crippen molar-refractivity contribution in [1.82, 2.24) is 9.62 Å². The van der Waals surface area contributed by atoms with E-state index in [0.717, 1.165) is 12.8 Å². The normalized spacial score (nSPS) is 23.6. The molecule has 1 aromatic rings. The second-order valence-electron chi connectivity index (χ2n) is 6.80. The number of hydrogen-bond donors (Lipinski definition) is 2. The van der Waals surface area contributed by atoms with E-state index in [2.05, 4.69) is 4.72 Å². The van der Waals surface area contributed by atoms with Gasteiger partial charge in [-0.25, -0.2) is 13.1 Å². The molecule has 2 unspecified atom stereocenters. The van der Waals surface area contributed by atoms with Gasteiger partial charge in [-0.3, -0.25) is 9.59 Å². The van der Waals surface area contributed by atoms with Crippen molar-refractivity contribution in [1.29, 1.82) is 0 Å². The van der Waals surface area contributed by atoms with Gasteiger partial charge in [-0.15, -0.1) is 0 Å². The molecule has 25 heavy (non-hydrogen) atoms. The van der Waals surface area contributed by atoms with Crippen LogP contribution < -0.4 is 4.72 Å². The monoisotopic (exact) mass is 366 g/mol. The van der Waals surface area contributed by atoms with Crippen LogP contribution in [-0.2, 0) is 14.8 Å². The van der Waals surface area contributed by atoms with Gasteiger partial charge in [-0.05, 0) is 50.3 Å². The predicted octanol–water partition coefficient (Wildman–Crippen LogP) is 1.31. The van der Waals surface area contributed by atoms with Crippen LogP contribution in [0.1, 0.15) is 36.5 Å². The number of carbonyl (C=O) groups excluding carboxylic acids is 1. The summed E-state index contributed by atoms with van der Waals surface area (Å²) in [6.07, 6.45) is 2.49. The van der Waals surface area contributed by atoms with Gasteiger partial charge in [0.05, 0.1) is 10.8 Å². The highest BCUT2D eigenvalue weighted by Crippen LogP contribution is 2.29. The van der Waals surface area contributed by atoms with Gasteiger partial charge >= 0.3 is 5.97 Å². The molecule has 0 spiro atoms. The van der Waals surface area contributed by atoms with Gasteiger partial charge in [0, 0.05) is 24.7 Å². The van der Waals surface area contributed by atoms with Crippen LogP contribution in [0.5, 0.6) is 0 Å². The van der Waals surface area contributed by atoms with Crippen molar-refractivity contribution in [3.8, 4) is 0 Å². The van der Waals surface area contributed by atoms with Gasteiger partial charge in [-0.1, -0.05) is 6.07 Å². The summed E-state index contributed by atoms with van der Waals surface area (Å²) in [5.41, 5.74) is 0.257. The largest absolute Gasteiger partial charge is 0.481 e. The summed E-state index contributed by atoms with van der Waals surface area (Å²) in [5.74, 6) is -1.42. The Labute approximate surface area is 147 Å². The van der Waals surface area contributed by atoms with E-state index in [0.29, 0.717) is 25.4 Å². The maximum absolute atomic E-state index is 12.7. The van der Waals surface area contributed by atoms with Crippen LogP contribution >= 0.6 is 0 Å². The number of carboxylic acids is 1. The molecule has 8 heteroatoms. The lowest BCUT2D eigenvalue weighted by Crippen LogP contribution is -2.37.